The molecule has 0 unspecified atom stereocenters. The fraction of sp³-hybridized carbons (Fsp3) is 0.111. The van der Waals surface area contributed by atoms with Crippen molar-refractivity contribution in [2.45, 2.75) is 13.0 Å². The first kappa shape index (κ1) is 11.9. The molecule has 0 aliphatic heterocycles. The molecule has 0 saturated carbocycles. The van der Waals surface area contributed by atoms with Gasteiger partial charge in [0.1, 0.15) is 6.10 Å². The highest BCUT2D eigenvalue weighted by molar-refractivity contribution is 5.86. The summed E-state index contributed by atoms with van der Waals surface area (Å²) in [6.45, 7) is 2.05. The summed E-state index contributed by atoms with van der Waals surface area (Å²) in [6.07, 6.45) is -0.577. The molecule has 0 fully saturated rings. The molecule has 0 saturated heterocycles. The van der Waals surface area contributed by atoms with Gasteiger partial charge in [-0.25, -0.2) is 0 Å². The van der Waals surface area contributed by atoms with Gasteiger partial charge in [0.25, 0.3) is 0 Å². The zero-order valence-corrected chi connectivity index (χ0v) is 10.9. The first-order chi connectivity index (χ1) is 9.25. The number of aliphatic hydroxyl groups excluding tert-OH is 1. The van der Waals surface area contributed by atoms with Crippen LogP contribution in [0, 0.1) is 6.92 Å². The lowest BCUT2D eigenvalue weighted by atomic mass is 9.95. The first-order valence-electron chi connectivity index (χ1n) is 6.48. The van der Waals surface area contributed by atoms with Crippen molar-refractivity contribution >= 4 is 10.8 Å². The molecule has 3 rings (SSSR count). The Balaban J connectivity index is 2.11. The second-order valence-corrected chi connectivity index (χ2v) is 4.88. The number of fused-ring (bicyclic) bond motifs is 1. The Bertz CT molecular complexity index is 693. The van der Waals surface area contributed by atoms with Gasteiger partial charge in [-0.05, 0) is 28.8 Å². The molecule has 19 heavy (non-hydrogen) atoms. The molecule has 94 valence electrons. The fourth-order valence-electron chi connectivity index (χ4n) is 2.42. The van der Waals surface area contributed by atoms with E-state index in [0.29, 0.717) is 0 Å². The van der Waals surface area contributed by atoms with Gasteiger partial charge in [-0.1, -0.05) is 72.3 Å². The Kier molecular flexibility index (Phi) is 3.06. The van der Waals surface area contributed by atoms with Crippen molar-refractivity contribution in [3.8, 4) is 0 Å². The molecule has 0 aromatic heterocycles. The Morgan fingerprint density at radius 2 is 1.47 bits per heavy atom. The van der Waals surface area contributed by atoms with Crippen LogP contribution in [-0.4, -0.2) is 5.11 Å². The van der Waals surface area contributed by atoms with Crippen LogP contribution >= 0.6 is 0 Å². The summed E-state index contributed by atoms with van der Waals surface area (Å²) in [5.74, 6) is 0. The fourth-order valence-corrected chi connectivity index (χ4v) is 2.42. The highest BCUT2D eigenvalue weighted by atomic mass is 16.3. The number of aryl methyl sites for hydroxylation is 1. The van der Waals surface area contributed by atoms with E-state index in [9.17, 15) is 5.11 Å². The quantitative estimate of drug-likeness (QED) is 0.719. The Labute approximate surface area is 113 Å². The maximum atomic E-state index is 10.6. The molecule has 0 radical (unpaired) electrons. The molecule has 0 aliphatic carbocycles. The number of aliphatic hydroxyl groups is 1. The average Bonchev–Trinajstić information content (AvgIpc) is 2.47. The van der Waals surface area contributed by atoms with Crippen molar-refractivity contribution < 1.29 is 5.11 Å². The molecule has 1 atom stereocenters. The van der Waals surface area contributed by atoms with Gasteiger partial charge in [-0.15, -0.1) is 0 Å². The largest absolute Gasteiger partial charge is 0.384 e. The molecule has 0 heterocycles. The van der Waals surface area contributed by atoms with Crippen molar-refractivity contribution in [2.75, 3.05) is 0 Å². The lowest BCUT2D eigenvalue weighted by Gasteiger charge is -2.14. The van der Waals surface area contributed by atoms with E-state index in [1.165, 1.54) is 5.56 Å². The summed E-state index contributed by atoms with van der Waals surface area (Å²) in [4.78, 5) is 0. The minimum atomic E-state index is -0.577. The molecular weight excluding hydrogens is 232 g/mol. The van der Waals surface area contributed by atoms with E-state index >= 15 is 0 Å². The van der Waals surface area contributed by atoms with Gasteiger partial charge < -0.3 is 5.11 Å². The maximum absolute atomic E-state index is 10.6. The van der Waals surface area contributed by atoms with Gasteiger partial charge in [0, 0.05) is 0 Å². The van der Waals surface area contributed by atoms with Crippen LogP contribution in [0.4, 0.5) is 0 Å². The zero-order chi connectivity index (χ0) is 13.2. The van der Waals surface area contributed by atoms with Crippen LogP contribution in [0.2, 0.25) is 0 Å². The van der Waals surface area contributed by atoms with Crippen LogP contribution in [0.15, 0.2) is 66.7 Å². The van der Waals surface area contributed by atoms with E-state index in [1.807, 2.05) is 55.5 Å². The summed E-state index contributed by atoms with van der Waals surface area (Å²) in [5.41, 5.74) is 3.10. The van der Waals surface area contributed by atoms with E-state index in [1.54, 1.807) is 0 Å². The molecule has 0 spiro atoms. The molecule has 3 aromatic rings. The Morgan fingerprint density at radius 3 is 2.26 bits per heavy atom. The third-order valence-electron chi connectivity index (χ3n) is 3.51. The summed E-state index contributed by atoms with van der Waals surface area (Å²) < 4.78 is 0. The SMILES string of the molecule is Cc1ccc([C@@H](O)c2cccc3ccccc23)cc1. The second-order valence-electron chi connectivity index (χ2n) is 4.88. The lowest BCUT2D eigenvalue weighted by Crippen LogP contribution is -2.00. The minimum Gasteiger partial charge on any atom is -0.384 e. The molecule has 1 heteroatoms. The Morgan fingerprint density at radius 1 is 0.789 bits per heavy atom. The standard InChI is InChI=1S/C18H16O/c1-13-9-11-15(12-10-13)18(19)17-8-4-6-14-5-2-3-7-16(14)17/h2-12,18-19H,1H3/t18-/m1/s1. The Hall–Kier alpha value is -2.12. The van der Waals surface area contributed by atoms with E-state index in [2.05, 4.69) is 18.2 Å². The van der Waals surface area contributed by atoms with Gasteiger partial charge in [-0.3, -0.25) is 0 Å². The van der Waals surface area contributed by atoms with Gasteiger partial charge in [0.05, 0.1) is 0 Å². The van der Waals surface area contributed by atoms with Crippen molar-refractivity contribution in [1.82, 2.24) is 0 Å². The topological polar surface area (TPSA) is 20.2 Å². The average molecular weight is 248 g/mol. The molecule has 0 bridgehead atoms. The summed E-state index contributed by atoms with van der Waals surface area (Å²) in [7, 11) is 0. The van der Waals surface area contributed by atoms with E-state index < -0.39 is 6.10 Å². The van der Waals surface area contributed by atoms with Gasteiger partial charge in [-0.2, -0.15) is 0 Å². The van der Waals surface area contributed by atoms with Gasteiger partial charge in [0.2, 0.25) is 0 Å². The van der Waals surface area contributed by atoms with Gasteiger partial charge >= 0.3 is 0 Å². The normalized spacial score (nSPS) is 12.5. The van der Waals surface area contributed by atoms with Crippen LogP contribution in [0.1, 0.15) is 22.8 Å². The predicted octanol–water partition coefficient (Wildman–Crippen LogP) is 4.23. The first-order valence-corrected chi connectivity index (χ1v) is 6.48. The minimum absolute atomic E-state index is 0.577. The second kappa shape index (κ2) is 4.87. The summed E-state index contributed by atoms with van der Waals surface area (Å²) >= 11 is 0. The maximum Gasteiger partial charge on any atom is 0.105 e. The lowest BCUT2D eigenvalue weighted by molar-refractivity contribution is 0.222. The van der Waals surface area contributed by atoms with Crippen LogP contribution in [0.25, 0.3) is 10.8 Å². The third-order valence-corrected chi connectivity index (χ3v) is 3.51. The van der Waals surface area contributed by atoms with E-state index in [4.69, 9.17) is 0 Å². The highest BCUT2D eigenvalue weighted by Crippen LogP contribution is 2.28. The van der Waals surface area contributed by atoms with E-state index in [-0.39, 0.29) is 0 Å². The number of hydrogen-bond acceptors (Lipinski definition) is 1. The van der Waals surface area contributed by atoms with Crippen molar-refractivity contribution in [3.63, 3.8) is 0 Å². The van der Waals surface area contributed by atoms with Crippen LogP contribution in [-0.2, 0) is 0 Å². The molecule has 3 aromatic carbocycles. The van der Waals surface area contributed by atoms with Crippen molar-refractivity contribution in [3.05, 3.63) is 83.4 Å². The molecule has 1 N–H and O–H groups in total. The number of hydrogen-bond donors (Lipinski definition) is 1. The zero-order valence-electron chi connectivity index (χ0n) is 10.9. The van der Waals surface area contributed by atoms with Crippen molar-refractivity contribution in [2.24, 2.45) is 0 Å². The predicted molar refractivity (Wildman–Crippen MR) is 79.2 cm³/mol. The van der Waals surface area contributed by atoms with E-state index in [0.717, 1.165) is 21.9 Å². The molecule has 0 aliphatic rings. The van der Waals surface area contributed by atoms with Crippen LogP contribution in [0.3, 0.4) is 0 Å². The molecule has 1 nitrogen and oxygen atoms in total. The smallest absolute Gasteiger partial charge is 0.105 e. The van der Waals surface area contributed by atoms with Gasteiger partial charge in [0.15, 0.2) is 0 Å². The van der Waals surface area contributed by atoms with Crippen LogP contribution in [0.5, 0.6) is 0 Å². The molecular formula is C18H16O. The van der Waals surface area contributed by atoms with Crippen molar-refractivity contribution in [1.29, 1.82) is 0 Å². The third kappa shape index (κ3) is 2.25. The van der Waals surface area contributed by atoms with Crippen LogP contribution < -0.4 is 0 Å². The monoisotopic (exact) mass is 248 g/mol. The molecule has 0 amide bonds. The summed E-state index contributed by atoms with van der Waals surface area (Å²) in [5, 5.41) is 12.8. The summed E-state index contributed by atoms with van der Waals surface area (Å²) in [6, 6.07) is 22.3. The number of benzene rings is 3. The highest BCUT2D eigenvalue weighted by Gasteiger charge is 2.12. The number of rotatable bonds is 2.